The van der Waals surface area contributed by atoms with Crippen molar-refractivity contribution in [3.05, 3.63) is 0 Å². The molecule has 4 nitrogen and oxygen atoms in total. The second-order valence-electron chi connectivity index (χ2n) is 3.34. The molecule has 0 aromatic rings. The van der Waals surface area contributed by atoms with E-state index in [2.05, 4.69) is 5.32 Å². The van der Waals surface area contributed by atoms with Gasteiger partial charge in [0.15, 0.2) is 0 Å². The van der Waals surface area contributed by atoms with Crippen LogP contribution >= 0.6 is 0 Å². The number of carbonyl (C=O) groups is 1. The van der Waals surface area contributed by atoms with E-state index in [1.54, 1.807) is 0 Å². The average molecular weight is 173 g/mol. The molecule has 1 rings (SSSR count). The van der Waals surface area contributed by atoms with E-state index in [1.807, 2.05) is 13.8 Å². The minimum Gasteiger partial charge on any atom is -0.480 e. The summed E-state index contributed by atoms with van der Waals surface area (Å²) in [4.78, 5) is 10.5. The van der Waals surface area contributed by atoms with Crippen molar-refractivity contribution in [2.75, 3.05) is 6.54 Å². The first-order valence-electron chi connectivity index (χ1n) is 4.21. The molecule has 1 fully saturated rings. The Morgan fingerprint density at radius 3 is 2.75 bits per heavy atom. The summed E-state index contributed by atoms with van der Waals surface area (Å²) in [5.41, 5.74) is 0. The lowest BCUT2D eigenvalue weighted by atomic mass is 10.2. The van der Waals surface area contributed by atoms with E-state index < -0.39 is 12.0 Å². The maximum Gasteiger partial charge on any atom is 0.320 e. The third-order valence-corrected chi connectivity index (χ3v) is 1.85. The van der Waals surface area contributed by atoms with Gasteiger partial charge in [-0.1, -0.05) is 0 Å². The minimum atomic E-state index is -0.787. The highest BCUT2D eigenvalue weighted by Gasteiger charge is 2.29. The van der Waals surface area contributed by atoms with E-state index in [0.29, 0.717) is 13.0 Å². The molecule has 2 unspecified atom stereocenters. The minimum absolute atomic E-state index is 0.0612. The summed E-state index contributed by atoms with van der Waals surface area (Å²) in [5, 5.41) is 11.5. The molecule has 1 aliphatic heterocycles. The molecule has 0 spiro atoms. The van der Waals surface area contributed by atoms with Gasteiger partial charge in [0.2, 0.25) is 0 Å². The average Bonchev–Trinajstić information content (AvgIpc) is 2.34. The van der Waals surface area contributed by atoms with E-state index in [9.17, 15) is 4.79 Å². The van der Waals surface area contributed by atoms with Crippen LogP contribution in [-0.4, -0.2) is 35.9 Å². The quantitative estimate of drug-likeness (QED) is 0.641. The molecule has 1 saturated heterocycles. The zero-order valence-electron chi connectivity index (χ0n) is 7.41. The van der Waals surface area contributed by atoms with E-state index >= 15 is 0 Å². The SMILES string of the molecule is CC(C)OC1CNC(C(=O)O)C1. The molecule has 2 N–H and O–H groups in total. The lowest BCUT2D eigenvalue weighted by molar-refractivity contribution is -0.139. The summed E-state index contributed by atoms with van der Waals surface area (Å²) in [6.07, 6.45) is 0.809. The topological polar surface area (TPSA) is 58.6 Å². The summed E-state index contributed by atoms with van der Waals surface area (Å²) < 4.78 is 5.47. The van der Waals surface area contributed by atoms with Crippen LogP contribution in [0.15, 0.2) is 0 Å². The second-order valence-corrected chi connectivity index (χ2v) is 3.34. The van der Waals surface area contributed by atoms with Crippen LogP contribution in [-0.2, 0) is 9.53 Å². The fourth-order valence-electron chi connectivity index (χ4n) is 1.38. The first-order chi connectivity index (χ1) is 5.59. The first kappa shape index (κ1) is 9.48. The number of nitrogens with one attached hydrogen (secondary N) is 1. The molecular weight excluding hydrogens is 158 g/mol. The Labute approximate surface area is 71.9 Å². The second kappa shape index (κ2) is 3.87. The van der Waals surface area contributed by atoms with Crippen LogP contribution < -0.4 is 5.32 Å². The van der Waals surface area contributed by atoms with Gasteiger partial charge in [-0.25, -0.2) is 0 Å². The Hall–Kier alpha value is -0.610. The number of ether oxygens (including phenoxy) is 1. The highest BCUT2D eigenvalue weighted by atomic mass is 16.5. The summed E-state index contributed by atoms with van der Waals surface area (Å²) in [5.74, 6) is -0.787. The maximum absolute atomic E-state index is 10.5. The van der Waals surface area contributed by atoms with Crippen molar-refractivity contribution in [3.8, 4) is 0 Å². The molecule has 4 heteroatoms. The van der Waals surface area contributed by atoms with Gasteiger partial charge in [-0.2, -0.15) is 0 Å². The number of rotatable bonds is 3. The molecule has 0 amide bonds. The molecule has 0 aliphatic carbocycles. The highest BCUT2D eigenvalue weighted by Crippen LogP contribution is 2.12. The van der Waals surface area contributed by atoms with E-state index in [-0.39, 0.29) is 12.2 Å². The smallest absolute Gasteiger partial charge is 0.320 e. The van der Waals surface area contributed by atoms with Gasteiger partial charge in [0.1, 0.15) is 6.04 Å². The van der Waals surface area contributed by atoms with Gasteiger partial charge in [-0.15, -0.1) is 0 Å². The number of hydrogen-bond donors (Lipinski definition) is 2. The Kier molecular flexibility index (Phi) is 3.05. The predicted molar refractivity (Wildman–Crippen MR) is 44.1 cm³/mol. The van der Waals surface area contributed by atoms with Gasteiger partial charge in [0.05, 0.1) is 12.2 Å². The van der Waals surface area contributed by atoms with Crippen LogP contribution in [0, 0.1) is 0 Å². The zero-order valence-corrected chi connectivity index (χ0v) is 7.41. The molecule has 1 heterocycles. The third-order valence-electron chi connectivity index (χ3n) is 1.85. The molecule has 2 atom stereocenters. The highest BCUT2D eigenvalue weighted by molar-refractivity contribution is 5.73. The Bertz CT molecular complexity index is 170. The first-order valence-corrected chi connectivity index (χ1v) is 4.21. The van der Waals surface area contributed by atoms with Gasteiger partial charge < -0.3 is 15.2 Å². The van der Waals surface area contributed by atoms with Crippen molar-refractivity contribution >= 4 is 5.97 Å². The van der Waals surface area contributed by atoms with E-state index in [1.165, 1.54) is 0 Å². The number of carboxylic acid groups (broad SMARTS) is 1. The van der Waals surface area contributed by atoms with Crippen molar-refractivity contribution < 1.29 is 14.6 Å². The van der Waals surface area contributed by atoms with Gasteiger partial charge in [0.25, 0.3) is 0 Å². The van der Waals surface area contributed by atoms with Gasteiger partial charge in [0, 0.05) is 13.0 Å². The van der Waals surface area contributed by atoms with Crippen LogP contribution in [0.4, 0.5) is 0 Å². The lowest BCUT2D eigenvalue weighted by Gasteiger charge is -2.13. The third kappa shape index (κ3) is 2.46. The van der Waals surface area contributed by atoms with Gasteiger partial charge in [-0.3, -0.25) is 4.79 Å². The Balaban J connectivity index is 2.30. The normalized spacial score (nSPS) is 29.6. The fourth-order valence-corrected chi connectivity index (χ4v) is 1.38. The molecule has 70 valence electrons. The van der Waals surface area contributed by atoms with Gasteiger partial charge >= 0.3 is 5.97 Å². The fraction of sp³-hybridized carbons (Fsp3) is 0.875. The van der Waals surface area contributed by atoms with Crippen LogP contribution in [0.1, 0.15) is 20.3 Å². The van der Waals surface area contributed by atoms with Crippen molar-refractivity contribution in [1.29, 1.82) is 0 Å². The monoisotopic (exact) mass is 173 g/mol. The zero-order chi connectivity index (χ0) is 9.14. The van der Waals surface area contributed by atoms with E-state index in [4.69, 9.17) is 9.84 Å². The number of carboxylic acids is 1. The summed E-state index contributed by atoms with van der Waals surface area (Å²) in [7, 11) is 0. The predicted octanol–water partition coefficient (Wildman–Crippen LogP) is 0.226. The molecule has 1 aliphatic rings. The van der Waals surface area contributed by atoms with Crippen molar-refractivity contribution in [2.24, 2.45) is 0 Å². The van der Waals surface area contributed by atoms with Gasteiger partial charge in [-0.05, 0) is 13.8 Å². The van der Waals surface area contributed by atoms with Crippen molar-refractivity contribution in [1.82, 2.24) is 5.32 Å². The maximum atomic E-state index is 10.5. The summed E-state index contributed by atoms with van der Waals surface area (Å²) >= 11 is 0. The molecule has 0 bridgehead atoms. The molecule has 0 saturated carbocycles. The van der Waals surface area contributed by atoms with Crippen molar-refractivity contribution in [2.45, 2.75) is 38.5 Å². The molecule has 0 radical (unpaired) electrons. The molecule has 0 aromatic carbocycles. The standard InChI is InChI=1S/C8H15NO3/c1-5(2)12-6-3-7(8(10)11)9-4-6/h5-7,9H,3-4H2,1-2H3,(H,10,11). The van der Waals surface area contributed by atoms with Crippen LogP contribution in [0.3, 0.4) is 0 Å². The Morgan fingerprint density at radius 2 is 2.33 bits per heavy atom. The molecule has 0 aromatic heterocycles. The number of aliphatic carboxylic acids is 1. The summed E-state index contributed by atoms with van der Waals surface area (Å²) in [6.45, 7) is 4.55. The number of hydrogen-bond acceptors (Lipinski definition) is 3. The van der Waals surface area contributed by atoms with Crippen molar-refractivity contribution in [3.63, 3.8) is 0 Å². The lowest BCUT2D eigenvalue weighted by Crippen LogP contribution is -2.30. The summed E-state index contributed by atoms with van der Waals surface area (Å²) in [6, 6.07) is -0.422. The largest absolute Gasteiger partial charge is 0.480 e. The molecular formula is C8H15NO3. The van der Waals surface area contributed by atoms with Crippen LogP contribution in [0.25, 0.3) is 0 Å². The van der Waals surface area contributed by atoms with Crippen LogP contribution in [0.5, 0.6) is 0 Å². The Morgan fingerprint density at radius 1 is 1.67 bits per heavy atom. The molecule has 12 heavy (non-hydrogen) atoms. The van der Waals surface area contributed by atoms with Crippen LogP contribution in [0.2, 0.25) is 0 Å². The van der Waals surface area contributed by atoms with E-state index in [0.717, 1.165) is 0 Å².